The smallest absolute Gasteiger partial charge is 0.0604 e. The van der Waals surface area contributed by atoms with E-state index in [-0.39, 0.29) is 10.8 Å². The topological polar surface area (TPSA) is 4.93 Å². The molecule has 0 atom stereocenters. The van der Waals surface area contributed by atoms with Crippen LogP contribution in [-0.4, -0.2) is 4.57 Å². The van der Waals surface area contributed by atoms with Gasteiger partial charge in [-0.1, -0.05) is 65.8 Å². The van der Waals surface area contributed by atoms with E-state index in [1.807, 2.05) is 0 Å². The largest absolute Gasteiger partial charge is 0.308 e. The van der Waals surface area contributed by atoms with Crippen molar-refractivity contribution in [3.05, 3.63) is 76.3 Å². The number of halogens is 1. The molecule has 4 aromatic rings. The Morgan fingerprint density at radius 2 is 1.11 bits per heavy atom. The molecule has 0 saturated carbocycles. The minimum Gasteiger partial charge on any atom is -0.308 e. The van der Waals surface area contributed by atoms with E-state index < -0.39 is 0 Å². The van der Waals surface area contributed by atoms with E-state index in [0.717, 1.165) is 4.47 Å². The number of fused-ring (bicyclic) bond motifs is 3. The minimum atomic E-state index is 0.123. The molecule has 4 rings (SSSR count). The van der Waals surface area contributed by atoms with Gasteiger partial charge in [0.2, 0.25) is 0 Å². The molecule has 0 saturated heterocycles. The molecule has 0 aliphatic heterocycles. The summed E-state index contributed by atoms with van der Waals surface area (Å²) >= 11 is 3.76. The Morgan fingerprint density at radius 3 is 1.54 bits per heavy atom. The first kappa shape index (κ1) is 19.3. The summed E-state index contributed by atoms with van der Waals surface area (Å²) in [5.41, 5.74) is 6.66. The SMILES string of the molecule is CC(C)(C)c1ccc2c(c1)c1cc(C(C)(C)C)ccc1n2-c1ccccc1Br. The second-order valence-corrected chi connectivity index (χ2v) is 10.6. The van der Waals surface area contributed by atoms with E-state index in [1.54, 1.807) is 0 Å². The van der Waals surface area contributed by atoms with Gasteiger partial charge >= 0.3 is 0 Å². The van der Waals surface area contributed by atoms with Crippen LogP contribution in [0.4, 0.5) is 0 Å². The molecule has 0 bridgehead atoms. The molecule has 0 N–H and O–H groups in total. The van der Waals surface area contributed by atoms with Gasteiger partial charge in [-0.25, -0.2) is 0 Å². The van der Waals surface area contributed by atoms with Crippen molar-refractivity contribution in [3.8, 4) is 5.69 Å². The van der Waals surface area contributed by atoms with Gasteiger partial charge in [-0.15, -0.1) is 0 Å². The van der Waals surface area contributed by atoms with Crippen LogP contribution in [0.15, 0.2) is 65.1 Å². The van der Waals surface area contributed by atoms with Gasteiger partial charge in [0.25, 0.3) is 0 Å². The number of para-hydroxylation sites is 1. The standard InChI is InChI=1S/C26H28BrN/c1-25(2,3)17-11-13-22-19(15-17)20-16-18(26(4,5)6)12-14-23(20)28(22)24-10-8-7-9-21(24)27/h7-16H,1-6H3. The van der Waals surface area contributed by atoms with E-state index in [4.69, 9.17) is 0 Å². The monoisotopic (exact) mass is 433 g/mol. The second kappa shape index (κ2) is 6.49. The average Bonchev–Trinajstić information content (AvgIpc) is 2.94. The Bertz CT molecular complexity index is 1110. The highest BCUT2D eigenvalue weighted by Gasteiger charge is 2.21. The average molecular weight is 434 g/mol. The highest BCUT2D eigenvalue weighted by atomic mass is 79.9. The highest BCUT2D eigenvalue weighted by molar-refractivity contribution is 9.10. The van der Waals surface area contributed by atoms with Gasteiger partial charge in [-0.3, -0.25) is 0 Å². The number of rotatable bonds is 1. The maximum Gasteiger partial charge on any atom is 0.0604 e. The maximum absolute atomic E-state index is 3.76. The van der Waals surface area contributed by atoms with E-state index in [2.05, 4.69) is 123 Å². The van der Waals surface area contributed by atoms with Crippen LogP contribution in [0.2, 0.25) is 0 Å². The fraction of sp³-hybridized carbons (Fsp3) is 0.308. The van der Waals surface area contributed by atoms with Crippen molar-refractivity contribution in [3.63, 3.8) is 0 Å². The van der Waals surface area contributed by atoms with Crippen molar-refractivity contribution in [2.75, 3.05) is 0 Å². The van der Waals surface area contributed by atoms with Crippen LogP contribution >= 0.6 is 15.9 Å². The molecule has 1 heterocycles. The first-order valence-electron chi connectivity index (χ1n) is 9.91. The Balaban J connectivity index is 2.15. The molecule has 0 spiro atoms. The van der Waals surface area contributed by atoms with Gasteiger partial charge in [0.1, 0.15) is 0 Å². The van der Waals surface area contributed by atoms with Crippen LogP contribution in [0.1, 0.15) is 52.7 Å². The van der Waals surface area contributed by atoms with E-state index >= 15 is 0 Å². The van der Waals surface area contributed by atoms with Crippen molar-refractivity contribution in [2.24, 2.45) is 0 Å². The molecule has 0 unspecified atom stereocenters. The van der Waals surface area contributed by atoms with Crippen LogP contribution < -0.4 is 0 Å². The number of nitrogens with zero attached hydrogens (tertiary/aromatic N) is 1. The lowest BCUT2D eigenvalue weighted by molar-refractivity contribution is 0.590. The summed E-state index contributed by atoms with van der Waals surface area (Å²) in [4.78, 5) is 0. The third-order valence-electron chi connectivity index (χ3n) is 5.59. The number of hydrogen-bond acceptors (Lipinski definition) is 0. The molecule has 0 amide bonds. The third kappa shape index (κ3) is 3.18. The molecule has 0 aliphatic carbocycles. The fourth-order valence-electron chi connectivity index (χ4n) is 3.85. The van der Waals surface area contributed by atoms with Crippen LogP contribution in [0, 0.1) is 0 Å². The predicted octanol–water partition coefficient (Wildman–Crippen LogP) is 8.14. The molecule has 144 valence electrons. The van der Waals surface area contributed by atoms with E-state index in [1.165, 1.54) is 38.6 Å². The second-order valence-electron chi connectivity index (χ2n) is 9.75. The van der Waals surface area contributed by atoms with Crippen LogP contribution in [0.5, 0.6) is 0 Å². The zero-order valence-corrected chi connectivity index (χ0v) is 19.2. The Labute approximate surface area is 176 Å². The first-order valence-corrected chi connectivity index (χ1v) is 10.7. The zero-order chi connectivity index (χ0) is 20.3. The van der Waals surface area contributed by atoms with Crippen molar-refractivity contribution in [1.82, 2.24) is 4.57 Å². The molecule has 28 heavy (non-hydrogen) atoms. The van der Waals surface area contributed by atoms with Gasteiger partial charge in [0.15, 0.2) is 0 Å². The Morgan fingerprint density at radius 1 is 0.643 bits per heavy atom. The van der Waals surface area contributed by atoms with Gasteiger partial charge in [0, 0.05) is 15.2 Å². The maximum atomic E-state index is 3.76. The minimum absolute atomic E-state index is 0.123. The van der Waals surface area contributed by atoms with E-state index in [0.29, 0.717) is 0 Å². The lowest BCUT2D eigenvalue weighted by Gasteiger charge is -2.19. The van der Waals surface area contributed by atoms with Crippen molar-refractivity contribution in [1.29, 1.82) is 0 Å². The molecule has 3 aromatic carbocycles. The quantitative estimate of drug-likeness (QED) is 0.285. The van der Waals surface area contributed by atoms with Gasteiger partial charge in [0.05, 0.1) is 16.7 Å². The molecule has 0 radical (unpaired) electrons. The highest BCUT2D eigenvalue weighted by Crippen LogP contribution is 2.38. The molecular formula is C26H28BrN. The normalized spacial score (nSPS) is 12.8. The number of benzene rings is 3. The molecule has 0 aliphatic rings. The number of aromatic nitrogens is 1. The van der Waals surface area contributed by atoms with Gasteiger partial charge < -0.3 is 4.57 Å². The molecule has 1 nitrogen and oxygen atoms in total. The Hall–Kier alpha value is -2.06. The molecule has 0 fully saturated rings. The summed E-state index contributed by atoms with van der Waals surface area (Å²) in [6.45, 7) is 13.7. The summed E-state index contributed by atoms with van der Waals surface area (Å²) in [5, 5.41) is 2.65. The molecule has 1 aromatic heterocycles. The first-order chi connectivity index (χ1) is 13.1. The lowest BCUT2D eigenvalue weighted by Crippen LogP contribution is -2.10. The third-order valence-corrected chi connectivity index (χ3v) is 6.26. The van der Waals surface area contributed by atoms with Crippen molar-refractivity contribution < 1.29 is 0 Å². The summed E-state index contributed by atoms with van der Waals surface area (Å²) < 4.78 is 3.49. The van der Waals surface area contributed by atoms with Gasteiger partial charge in [-0.05, 0) is 74.3 Å². The van der Waals surface area contributed by atoms with Crippen molar-refractivity contribution >= 4 is 37.7 Å². The molecular weight excluding hydrogens is 406 g/mol. The van der Waals surface area contributed by atoms with Crippen LogP contribution in [0.25, 0.3) is 27.5 Å². The van der Waals surface area contributed by atoms with Gasteiger partial charge in [-0.2, -0.15) is 0 Å². The van der Waals surface area contributed by atoms with Crippen LogP contribution in [-0.2, 0) is 10.8 Å². The van der Waals surface area contributed by atoms with Crippen molar-refractivity contribution in [2.45, 2.75) is 52.4 Å². The predicted molar refractivity (Wildman–Crippen MR) is 126 cm³/mol. The summed E-state index contributed by atoms with van der Waals surface area (Å²) in [5.74, 6) is 0. The Kier molecular flexibility index (Phi) is 4.46. The van der Waals surface area contributed by atoms with Crippen LogP contribution in [0.3, 0.4) is 0 Å². The summed E-state index contributed by atoms with van der Waals surface area (Å²) in [6.07, 6.45) is 0. The molecule has 2 heteroatoms. The lowest BCUT2D eigenvalue weighted by atomic mass is 9.85. The fourth-order valence-corrected chi connectivity index (χ4v) is 4.31. The zero-order valence-electron chi connectivity index (χ0n) is 17.6. The number of hydrogen-bond donors (Lipinski definition) is 0. The van der Waals surface area contributed by atoms with E-state index in [9.17, 15) is 0 Å². The summed E-state index contributed by atoms with van der Waals surface area (Å²) in [6, 6.07) is 22.4. The summed E-state index contributed by atoms with van der Waals surface area (Å²) in [7, 11) is 0.